The molecule has 0 saturated heterocycles. The third kappa shape index (κ3) is 7.99. The molecule has 1 aromatic carbocycles. The summed E-state index contributed by atoms with van der Waals surface area (Å²) in [4.78, 5) is 17.3. The van der Waals surface area contributed by atoms with Crippen LogP contribution in [0.3, 0.4) is 0 Å². The second-order valence-corrected chi connectivity index (χ2v) is 9.74. The van der Waals surface area contributed by atoms with Gasteiger partial charge in [-0.3, -0.25) is 15.1 Å². The van der Waals surface area contributed by atoms with Gasteiger partial charge >= 0.3 is 6.61 Å². The van der Waals surface area contributed by atoms with Crippen molar-refractivity contribution in [3.8, 4) is 22.1 Å². The number of carbonyl (C=O) groups is 1. The molecule has 2 heterocycles. The highest BCUT2D eigenvalue weighted by Gasteiger charge is 2.23. The number of aliphatic hydroxyl groups excluding tert-OH is 1. The molecule has 3 rings (SSSR count). The van der Waals surface area contributed by atoms with Crippen LogP contribution in [-0.4, -0.2) is 45.5 Å². The SMILES string of the molecule is C/C=C(\C=C/C(COc1nnc(NC(=O)c2cnc(C)cc2-c2c(F)cccc2OC(F)F)s1)=C(C)C)C(C)O. The van der Waals surface area contributed by atoms with Crippen LogP contribution >= 0.6 is 11.3 Å². The summed E-state index contributed by atoms with van der Waals surface area (Å²) in [6.07, 6.45) is 6.08. The van der Waals surface area contributed by atoms with E-state index in [-0.39, 0.29) is 33.6 Å². The van der Waals surface area contributed by atoms with Gasteiger partial charge in [-0.25, -0.2) is 4.39 Å². The number of alkyl halides is 2. The molecule has 0 fully saturated rings. The van der Waals surface area contributed by atoms with E-state index in [2.05, 4.69) is 25.2 Å². The zero-order valence-corrected chi connectivity index (χ0v) is 23.4. The van der Waals surface area contributed by atoms with Gasteiger partial charge in [-0.15, -0.1) is 5.10 Å². The van der Waals surface area contributed by atoms with E-state index in [1.54, 1.807) is 13.8 Å². The van der Waals surface area contributed by atoms with Crippen molar-refractivity contribution < 1.29 is 32.5 Å². The second-order valence-electron chi connectivity index (χ2n) is 8.80. The highest BCUT2D eigenvalue weighted by Crippen LogP contribution is 2.36. The number of aromatic nitrogens is 3. The van der Waals surface area contributed by atoms with E-state index in [4.69, 9.17) is 4.74 Å². The number of hydrogen-bond donors (Lipinski definition) is 2. The molecule has 0 radical (unpaired) electrons. The Morgan fingerprint density at radius 1 is 1.23 bits per heavy atom. The predicted octanol–water partition coefficient (Wildman–Crippen LogP) is 6.50. The number of halogens is 3. The molecule has 1 atom stereocenters. The monoisotopic (exact) mass is 574 g/mol. The Bertz CT molecular complexity index is 1450. The van der Waals surface area contributed by atoms with E-state index in [9.17, 15) is 23.1 Å². The van der Waals surface area contributed by atoms with Crippen molar-refractivity contribution in [2.45, 2.75) is 47.3 Å². The minimum atomic E-state index is -3.19. The van der Waals surface area contributed by atoms with E-state index >= 15 is 0 Å². The molecule has 1 unspecified atom stereocenters. The van der Waals surface area contributed by atoms with Crippen LogP contribution in [0.25, 0.3) is 11.1 Å². The van der Waals surface area contributed by atoms with Gasteiger partial charge in [-0.2, -0.15) is 8.78 Å². The number of aryl methyl sites for hydroxylation is 1. The molecule has 0 aliphatic carbocycles. The Kier molecular flexibility index (Phi) is 10.6. The fourth-order valence-electron chi connectivity index (χ4n) is 3.56. The highest BCUT2D eigenvalue weighted by molar-refractivity contribution is 7.17. The van der Waals surface area contributed by atoms with E-state index in [1.807, 2.05) is 39.0 Å². The van der Waals surface area contributed by atoms with Crippen molar-refractivity contribution in [3.63, 3.8) is 0 Å². The molecule has 1 amide bonds. The van der Waals surface area contributed by atoms with Crippen molar-refractivity contribution in [2.24, 2.45) is 0 Å². The Balaban J connectivity index is 1.80. The predicted molar refractivity (Wildman–Crippen MR) is 147 cm³/mol. The van der Waals surface area contributed by atoms with Crippen LogP contribution in [0.5, 0.6) is 10.9 Å². The molecule has 40 heavy (non-hydrogen) atoms. The third-order valence-electron chi connectivity index (χ3n) is 5.66. The largest absolute Gasteiger partial charge is 0.464 e. The Morgan fingerprint density at radius 2 is 1.98 bits per heavy atom. The standard InChI is InChI=1S/C28H29F3N4O4S/c1-6-18(17(5)36)10-11-19(15(2)3)14-38-28-35-34-27(40-28)33-25(37)21-13-32-16(4)12-20(21)24-22(29)8-7-9-23(24)39-26(30)31/h6-13,17,26,36H,14H2,1-5H3,(H,33,34,37)/b11-10-,18-6+. The van der Waals surface area contributed by atoms with Crippen LogP contribution in [0.4, 0.5) is 18.3 Å². The van der Waals surface area contributed by atoms with Crippen LogP contribution in [0.15, 0.2) is 65.4 Å². The molecule has 8 nitrogen and oxygen atoms in total. The molecule has 3 aromatic rings. The number of pyridine rings is 1. The lowest BCUT2D eigenvalue weighted by Gasteiger charge is -2.15. The number of aliphatic hydroxyl groups is 1. The van der Waals surface area contributed by atoms with Gasteiger partial charge in [0.05, 0.1) is 17.2 Å². The van der Waals surface area contributed by atoms with Crippen molar-refractivity contribution in [2.75, 3.05) is 11.9 Å². The fraction of sp³-hybridized carbons (Fsp3) is 0.286. The zero-order valence-electron chi connectivity index (χ0n) is 22.5. The van der Waals surface area contributed by atoms with E-state index in [0.29, 0.717) is 5.69 Å². The van der Waals surface area contributed by atoms with Gasteiger partial charge in [-0.1, -0.05) is 35.0 Å². The first-order chi connectivity index (χ1) is 19.0. The van der Waals surface area contributed by atoms with Crippen LogP contribution < -0.4 is 14.8 Å². The summed E-state index contributed by atoms with van der Waals surface area (Å²) in [5.74, 6) is -1.97. The maximum Gasteiger partial charge on any atom is 0.387 e. The molecule has 0 aliphatic rings. The van der Waals surface area contributed by atoms with Crippen LogP contribution in [-0.2, 0) is 0 Å². The van der Waals surface area contributed by atoms with E-state index < -0.39 is 30.2 Å². The van der Waals surface area contributed by atoms with Crippen LogP contribution in [0.1, 0.15) is 43.7 Å². The first-order valence-corrected chi connectivity index (χ1v) is 13.0. The molecule has 0 aliphatic heterocycles. The molecule has 212 valence electrons. The number of nitrogens with zero attached hydrogens (tertiary/aromatic N) is 3. The molecule has 0 bridgehead atoms. The number of benzene rings is 1. The molecule has 12 heteroatoms. The van der Waals surface area contributed by atoms with Gasteiger partial charge in [0.1, 0.15) is 18.2 Å². The lowest BCUT2D eigenvalue weighted by molar-refractivity contribution is -0.0495. The third-order valence-corrected chi connectivity index (χ3v) is 6.41. The van der Waals surface area contributed by atoms with Crippen LogP contribution in [0, 0.1) is 12.7 Å². The van der Waals surface area contributed by atoms with Gasteiger partial charge in [0.15, 0.2) is 0 Å². The number of hydrogen-bond acceptors (Lipinski definition) is 8. The van der Waals surface area contributed by atoms with Gasteiger partial charge in [0.25, 0.3) is 11.1 Å². The minimum absolute atomic E-state index is 0.0254. The molecular formula is C28H29F3N4O4S. The molecule has 0 spiro atoms. The summed E-state index contributed by atoms with van der Waals surface area (Å²) in [5, 5.41) is 20.5. The number of anilines is 1. The Labute approximate surface area is 233 Å². The zero-order chi connectivity index (χ0) is 29.4. The number of ether oxygens (including phenoxy) is 2. The smallest absolute Gasteiger partial charge is 0.387 e. The number of rotatable bonds is 11. The summed E-state index contributed by atoms with van der Waals surface area (Å²) >= 11 is 0.970. The molecule has 0 saturated carbocycles. The molecular weight excluding hydrogens is 545 g/mol. The number of allylic oxidation sites excluding steroid dienone is 2. The Morgan fingerprint density at radius 3 is 2.62 bits per heavy atom. The van der Waals surface area contributed by atoms with Crippen molar-refractivity contribution in [3.05, 3.63) is 82.5 Å². The van der Waals surface area contributed by atoms with Gasteiger partial charge < -0.3 is 14.6 Å². The first kappa shape index (κ1) is 30.5. The van der Waals surface area contributed by atoms with Gasteiger partial charge in [0.2, 0.25) is 5.13 Å². The van der Waals surface area contributed by atoms with Gasteiger partial charge in [-0.05, 0) is 75.3 Å². The Hall–Kier alpha value is -4.03. The lowest BCUT2D eigenvalue weighted by Crippen LogP contribution is -2.14. The van der Waals surface area contributed by atoms with Crippen molar-refractivity contribution in [1.29, 1.82) is 0 Å². The minimum Gasteiger partial charge on any atom is -0.464 e. The second kappa shape index (κ2) is 13.9. The van der Waals surface area contributed by atoms with Gasteiger partial charge in [0, 0.05) is 17.5 Å². The van der Waals surface area contributed by atoms with Crippen molar-refractivity contribution in [1.82, 2.24) is 15.2 Å². The average Bonchev–Trinajstić information content (AvgIpc) is 3.32. The quantitative estimate of drug-likeness (QED) is 0.252. The summed E-state index contributed by atoms with van der Waals surface area (Å²) < 4.78 is 51.0. The number of carbonyl (C=O) groups excluding carboxylic acids is 1. The molecule has 2 N–H and O–H groups in total. The summed E-state index contributed by atoms with van der Waals surface area (Å²) in [6, 6.07) is 4.91. The van der Waals surface area contributed by atoms with E-state index in [1.165, 1.54) is 24.4 Å². The summed E-state index contributed by atoms with van der Waals surface area (Å²) in [5.41, 5.74) is 2.70. The summed E-state index contributed by atoms with van der Waals surface area (Å²) in [7, 11) is 0. The highest BCUT2D eigenvalue weighted by atomic mass is 32.1. The molecule has 2 aromatic heterocycles. The fourth-order valence-corrected chi connectivity index (χ4v) is 4.15. The number of nitrogens with one attached hydrogen (secondary N) is 1. The maximum absolute atomic E-state index is 14.8. The average molecular weight is 575 g/mol. The van der Waals surface area contributed by atoms with Crippen LogP contribution in [0.2, 0.25) is 0 Å². The maximum atomic E-state index is 14.8. The number of amides is 1. The van der Waals surface area contributed by atoms with Crippen molar-refractivity contribution >= 4 is 22.4 Å². The summed E-state index contributed by atoms with van der Waals surface area (Å²) in [6.45, 7) is 5.96. The lowest BCUT2D eigenvalue weighted by atomic mass is 9.98. The normalized spacial score (nSPS) is 12.5. The van der Waals surface area contributed by atoms with E-state index in [0.717, 1.165) is 34.1 Å². The first-order valence-electron chi connectivity index (χ1n) is 12.2. The topological polar surface area (TPSA) is 106 Å².